The van der Waals surface area contributed by atoms with E-state index in [-0.39, 0.29) is 18.6 Å². The highest BCUT2D eigenvalue weighted by atomic mass is 35.5. The smallest absolute Gasteiger partial charge is 0.257 e. The molecule has 0 saturated heterocycles. The molecule has 0 spiro atoms. The summed E-state index contributed by atoms with van der Waals surface area (Å²) < 4.78 is 5.56. The summed E-state index contributed by atoms with van der Waals surface area (Å²) in [7, 11) is 0. The largest absolute Gasteiger partial charge is 0.482 e. The zero-order valence-electron chi connectivity index (χ0n) is 12.6. The van der Waals surface area contributed by atoms with Gasteiger partial charge >= 0.3 is 0 Å². The monoisotopic (exact) mass is 332 g/mol. The van der Waals surface area contributed by atoms with Crippen LogP contribution in [0, 0.1) is 5.92 Å². The second-order valence-corrected chi connectivity index (χ2v) is 6.39. The summed E-state index contributed by atoms with van der Waals surface area (Å²) >= 11 is 12.1. The van der Waals surface area contributed by atoms with Crippen LogP contribution < -0.4 is 15.8 Å². The average molecular weight is 333 g/mol. The van der Waals surface area contributed by atoms with Crippen molar-refractivity contribution in [1.82, 2.24) is 5.32 Å². The molecule has 0 aromatic heterocycles. The lowest BCUT2D eigenvalue weighted by molar-refractivity contribution is -0.123. The van der Waals surface area contributed by atoms with Gasteiger partial charge in [-0.3, -0.25) is 4.79 Å². The van der Waals surface area contributed by atoms with Crippen molar-refractivity contribution in [2.45, 2.75) is 33.2 Å². The number of ether oxygens (including phenoxy) is 1. The molecule has 3 N–H and O–H groups in total. The quantitative estimate of drug-likeness (QED) is 0.806. The van der Waals surface area contributed by atoms with Crippen LogP contribution >= 0.6 is 23.2 Å². The van der Waals surface area contributed by atoms with Gasteiger partial charge in [0.15, 0.2) is 6.61 Å². The Hall–Kier alpha value is -0.970. The van der Waals surface area contributed by atoms with Crippen molar-refractivity contribution in [3.05, 3.63) is 27.7 Å². The lowest BCUT2D eigenvalue weighted by Gasteiger charge is -2.15. The molecule has 21 heavy (non-hydrogen) atoms. The summed E-state index contributed by atoms with van der Waals surface area (Å²) in [6.45, 7) is 6.47. The number of rotatable bonds is 7. The van der Waals surface area contributed by atoms with Crippen LogP contribution in [-0.2, 0) is 11.2 Å². The SMILES string of the molecule is CC(C)CNC(=O)COc1c(Cl)cc(Cl)cc1CC(C)N. The van der Waals surface area contributed by atoms with E-state index in [2.05, 4.69) is 5.32 Å². The number of nitrogens with one attached hydrogen (secondary N) is 1. The van der Waals surface area contributed by atoms with E-state index in [0.717, 1.165) is 5.56 Å². The van der Waals surface area contributed by atoms with Gasteiger partial charge in [-0.2, -0.15) is 0 Å². The molecule has 1 aromatic carbocycles. The number of benzene rings is 1. The van der Waals surface area contributed by atoms with E-state index < -0.39 is 0 Å². The minimum atomic E-state index is -0.179. The van der Waals surface area contributed by atoms with Gasteiger partial charge in [0.2, 0.25) is 0 Å². The van der Waals surface area contributed by atoms with Crippen molar-refractivity contribution in [3.8, 4) is 5.75 Å². The Labute approximate surface area is 135 Å². The van der Waals surface area contributed by atoms with Gasteiger partial charge in [-0.05, 0) is 37.0 Å². The summed E-state index contributed by atoms with van der Waals surface area (Å²) in [6.07, 6.45) is 0.573. The molecule has 0 aliphatic heterocycles. The predicted octanol–water partition coefficient (Wildman–Crippen LogP) is 3.03. The highest BCUT2D eigenvalue weighted by Crippen LogP contribution is 2.33. The molecule has 0 fully saturated rings. The molecule has 0 radical (unpaired) electrons. The molecule has 0 aliphatic carbocycles. The van der Waals surface area contributed by atoms with E-state index in [9.17, 15) is 4.79 Å². The summed E-state index contributed by atoms with van der Waals surface area (Å²) in [6, 6.07) is 3.30. The number of hydrogen-bond donors (Lipinski definition) is 2. The molecular formula is C15H22Cl2N2O2. The van der Waals surface area contributed by atoms with Crippen molar-refractivity contribution in [2.75, 3.05) is 13.2 Å². The van der Waals surface area contributed by atoms with Gasteiger partial charge in [-0.25, -0.2) is 0 Å². The topological polar surface area (TPSA) is 64.3 Å². The van der Waals surface area contributed by atoms with E-state index in [1.807, 2.05) is 20.8 Å². The molecule has 1 unspecified atom stereocenters. The lowest BCUT2D eigenvalue weighted by Crippen LogP contribution is -2.32. The van der Waals surface area contributed by atoms with Crippen molar-refractivity contribution in [1.29, 1.82) is 0 Å². The standard InChI is InChI=1S/C15H22Cl2N2O2/c1-9(2)7-19-14(20)8-21-15-11(4-10(3)18)5-12(16)6-13(15)17/h5-6,9-10H,4,7-8,18H2,1-3H3,(H,19,20). The first-order valence-corrected chi connectivity index (χ1v) is 7.68. The Morgan fingerprint density at radius 3 is 2.57 bits per heavy atom. The second-order valence-electron chi connectivity index (χ2n) is 5.54. The minimum absolute atomic E-state index is 0.0587. The fourth-order valence-electron chi connectivity index (χ4n) is 1.78. The maximum absolute atomic E-state index is 11.7. The zero-order valence-corrected chi connectivity index (χ0v) is 14.1. The lowest BCUT2D eigenvalue weighted by atomic mass is 10.1. The maximum Gasteiger partial charge on any atom is 0.257 e. The number of carbonyl (C=O) groups excluding carboxylic acids is 1. The third-order valence-corrected chi connectivity index (χ3v) is 3.18. The number of amides is 1. The van der Waals surface area contributed by atoms with Crippen LogP contribution in [0.4, 0.5) is 0 Å². The van der Waals surface area contributed by atoms with Gasteiger partial charge in [-0.15, -0.1) is 0 Å². The van der Waals surface area contributed by atoms with Crippen LogP contribution in [0.15, 0.2) is 12.1 Å². The molecule has 118 valence electrons. The molecule has 1 aromatic rings. The van der Waals surface area contributed by atoms with Crippen molar-refractivity contribution in [2.24, 2.45) is 11.7 Å². The zero-order chi connectivity index (χ0) is 16.0. The van der Waals surface area contributed by atoms with Crippen LogP contribution in [0.2, 0.25) is 10.0 Å². The Morgan fingerprint density at radius 2 is 2.00 bits per heavy atom. The summed E-state index contributed by atoms with van der Waals surface area (Å²) in [4.78, 5) is 11.7. The molecule has 1 rings (SSSR count). The first-order chi connectivity index (χ1) is 9.79. The van der Waals surface area contributed by atoms with E-state index >= 15 is 0 Å². The molecule has 0 heterocycles. The van der Waals surface area contributed by atoms with Gasteiger partial charge in [0.1, 0.15) is 5.75 Å². The number of nitrogens with two attached hydrogens (primary N) is 1. The summed E-state index contributed by atoms with van der Waals surface area (Å²) in [5.74, 6) is 0.682. The molecule has 4 nitrogen and oxygen atoms in total. The van der Waals surface area contributed by atoms with E-state index in [4.69, 9.17) is 33.7 Å². The Balaban J connectivity index is 2.75. The van der Waals surface area contributed by atoms with Gasteiger partial charge < -0.3 is 15.8 Å². The fraction of sp³-hybridized carbons (Fsp3) is 0.533. The highest BCUT2D eigenvalue weighted by molar-refractivity contribution is 6.35. The molecule has 1 amide bonds. The average Bonchev–Trinajstić information content (AvgIpc) is 2.34. The van der Waals surface area contributed by atoms with E-state index in [1.165, 1.54) is 0 Å². The van der Waals surface area contributed by atoms with Gasteiger partial charge in [-0.1, -0.05) is 37.0 Å². The fourth-order valence-corrected chi connectivity index (χ4v) is 2.37. The van der Waals surface area contributed by atoms with Crippen molar-refractivity contribution in [3.63, 3.8) is 0 Å². The van der Waals surface area contributed by atoms with Crippen LogP contribution in [0.5, 0.6) is 5.75 Å². The minimum Gasteiger partial charge on any atom is -0.482 e. The van der Waals surface area contributed by atoms with Crippen LogP contribution in [0.3, 0.4) is 0 Å². The van der Waals surface area contributed by atoms with Gasteiger partial charge in [0, 0.05) is 17.6 Å². The molecule has 1 atom stereocenters. The van der Waals surface area contributed by atoms with Crippen LogP contribution in [0.25, 0.3) is 0 Å². The molecular weight excluding hydrogens is 311 g/mol. The predicted molar refractivity (Wildman–Crippen MR) is 87.2 cm³/mol. The van der Waals surface area contributed by atoms with Crippen LogP contribution in [0.1, 0.15) is 26.3 Å². The first kappa shape index (κ1) is 18.1. The molecule has 0 bridgehead atoms. The third-order valence-electron chi connectivity index (χ3n) is 2.68. The maximum atomic E-state index is 11.7. The first-order valence-electron chi connectivity index (χ1n) is 6.92. The Morgan fingerprint density at radius 1 is 1.33 bits per heavy atom. The molecule has 0 aliphatic rings. The third kappa shape index (κ3) is 6.55. The normalized spacial score (nSPS) is 12.3. The van der Waals surface area contributed by atoms with E-state index in [1.54, 1.807) is 12.1 Å². The van der Waals surface area contributed by atoms with Gasteiger partial charge in [0.05, 0.1) is 5.02 Å². The van der Waals surface area contributed by atoms with Crippen molar-refractivity contribution < 1.29 is 9.53 Å². The number of hydrogen-bond acceptors (Lipinski definition) is 3. The summed E-state index contributed by atoms with van der Waals surface area (Å²) in [5, 5.41) is 3.69. The highest BCUT2D eigenvalue weighted by Gasteiger charge is 2.14. The van der Waals surface area contributed by atoms with Crippen molar-refractivity contribution >= 4 is 29.1 Å². The Bertz CT molecular complexity index is 491. The molecule has 6 heteroatoms. The number of halogens is 2. The second kappa shape index (κ2) is 8.47. The van der Waals surface area contributed by atoms with Gasteiger partial charge in [0.25, 0.3) is 5.91 Å². The molecule has 0 saturated carbocycles. The number of carbonyl (C=O) groups is 1. The van der Waals surface area contributed by atoms with Crippen LogP contribution in [-0.4, -0.2) is 25.1 Å². The van der Waals surface area contributed by atoms with E-state index in [0.29, 0.717) is 34.7 Å². The Kier molecular flexibility index (Phi) is 7.29. The summed E-state index contributed by atoms with van der Waals surface area (Å²) in [5.41, 5.74) is 6.61.